The number of nitrogens with zero attached hydrogens (tertiary/aromatic N) is 1. The lowest BCUT2D eigenvalue weighted by molar-refractivity contribution is 1.02. The van der Waals surface area contributed by atoms with Crippen LogP contribution < -0.4 is 11.5 Å². The van der Waals surface area contributed by atoms with E-state index in [0.717, 1.165) is 27.8 Å². The van der Waals surface area contributed by atoms with Gasteiger partial charge in [0.2, 0.25) is 0 Å². The standard InChI is InChI=1S/C13H19N3/c1-5-10-9(3)12(7-14)8(2)6-11(10)13(15)16-4/h5-6H,1,7,14H2,2-4H3,(H2,15,16). The smallest absolute Gasteiger partial charge is 0.125 e. The summed E-state index contributed by atoms with van der Waals surface area (Å²) >= 11 is 0. The summed E-state index contributed by atoms with van der Waals surface area (Å²) in [5.74, 6) is 0.532. The van der Waals surface area contributed by atoms with E-state index in [1.54, 1.807) is 13.1 Å². The van der Waals surface area contributed by atoms with Gasteiger partial charge in [-0.1, -0.05) is 12.7 Å². The predicted molar refractivity (Wildman–Crippen MR) is 70.5 cm³/mol. The van der Waals surface area contributed by atoms with Crippen molar-refractivity contribution in [3.05, 3.63) is 40.5 Å². The molecule has 0 saturated heterocycles. The van der Waals surface area contributed by atoms with Gasteiger partial charge in [0.1, 0.15) is 5.84 Å². The Hall–Kier alpha value is -1.61. The lowest BCUT2D eigenvalue weighted by Crippen LogP contribution is -2.17. The number of amidine groups is 1. The van der Waals surface area contributed by atoms with Gasteiger partial charge in [-0.25, -0.2) is 0 Å². The average molecular weight is 217 g/mol. The molecule has 0 aliphatic carbocycles. The molecule has 0 radical (unpaired) electrons. The van der Waals surface area contributed by atoms with Gasteiger partial charge in [0.15, 0.2) is 0 Å². The van der Waals surface area contributed by atoms with Crippen molar-refractivity contribution in [3.8, 4) is 0 Å². The summed E-state index contributed by atoms with van der Waals surface area (Å²) in [4.78, 5) is 4.02. The number of aliphatic imine (C=N–C) groups is 1. The van der Waals surface area contributed by atoms with Crippen LogP contribution in [-0.4, -0.2) is 12.9 Å². The van der Waals surface area contributed by atoms with Crippen LogP contribution in [0.4, 0.5) is 0 Å². The van der Waals surface area contributed by atoms with Gasteiger partial charge in [-0.3, -0.25) is 4.99 Å². The van der Waals surface area contributed by atoms with Crippen LogP contribution in [0.25, 0.3) is 6.08 Å². The zero-order chi connectivity index (χ0) is 12.3. The lowest BCUT2D eigenvalue weighted by atomic mass is 9.92. The molecule has 1 aromatic rings. The summed E-state index contributed by atoms with van der Waals surface area (Å²) in [7, 11) is 1.68. The largest absolute Gasteiger partial charge is 0.383 e. The Morgan fingerprint density at radius 1 is 1.50 bits per heavy atom. The molecule has 86 valence electrons. The second kappa shape index (κ2) is 4.94. The molecule has 0 fully saturated rings. The molecule has 0 unspecified atom stereocenters. The van der Waals surface area contributed by atoms with Gasteiger partial charge in [0.25, 0.3) is 0 Å². The third kappa shape index (κ3) is 1.99. The third-order valence-corrected chi connectivity index (χ3v) is 2.91. The number of rotatable bonds is 3. The maximum absolute atomic E-state index is 5.87. The topological polar surface area (TPSA) is 64.4 Å². The quantitative estimate of drug-likeness (QED) is 0.598. The van der Waals surface area contributed by atoms with Crippen molar-refractivity contribution in [1.29, 1.82) is 0 Å². The molecular weight excluding hydrogens is 198 g/mol. The van der Waals surface area contributed by atoms with Crippen molar-refractivity contribution in [2.45, 2.75) is 20.4 Å². The highest BCUT2D eigenvalue weighted by Crippen LogP contribution is 2.23. The van der Waals surface area contributed by atoms with E-state index in [1.165, 1.54) is 0 Å². The molecule has 0 atom stereocenters. The second-order valence-electron chi connectivity index (χ2n) is 3.78. The van der Waals surface area contributed by atoms with E-state index in [1.807, 2.05) is 19.9 Å². The van der Waals surface area contributed by atoms with Crippen LogP contribution in [0.15, 0.2) is 17.6 Å². The number of benzene rings is 1. The predicted octanol–water partition coefficient (Wildman–Crippen LogP) is 1.74. The van der Waals surface area contributed by atoms with Gasteiger partial charge in [-0.05, 0) is 42.2 Å². The van der Waals surface area contributed by atoms with Crippen molar-refractivity contribution in [1.82, 2.24) is 0 Å². The molecule has 4 N–H and O–H groups in total. The first kappa shape index (κ1) is 12.5. The molecule has 0 aliphatic rings. The Labute approximate surface area is 96.9 Å². The summed E-state index contributed by atoms with van der Waals surface area (Å²) in [5, 5.41) is 0. The fraction of sp³-hybridized carbons (Fsp3) is 0.308. The number of hydrogen-bond donors (Lipinski definition) is 2. The fourth-order valence-electron chi connectivity index (χ4n) is 1.95. The van der Waals surface area contributed by atoms with E-state index in [9.17, 15) is 0 Å². The lowest BCUT2D eigenvalue weighted by Gasteiger charge is -2.15. The number of hydrogen-bond acceptors (Lipinski definition) is 2. The first-order valence-corrected chi connectivity index (χ1v) is 5.25. The minimum absolute atomic E-state index is 0.530. The van der Waals surface area contributed by atoms with E-state index in [4.69, 9.17) is 11.5 Å². The molecule has 16 heavy (non-hydrogen) atoms. The van der Waals surface area contributed by atoms with Gasteiger partial charge in [-0.15, -0.1) is 0 Å². The molecule has 0 bridgehead atoms. The molecule has 0 spiro atoms. The van der Waals surface area contributed by atoms with Crippen molar-refractivity contribution < 1.29 is 0 Å². The molecular formula is C13H19N3. The van der Waals surface area contributed by atoms with Crippen LogP contribution in [0.3, 0.4) is 0 Å². The van der Waals surface area contributed by atoms with Crippen LogP contribution in [-0.2, 0) is 6.54 Å². The normalized spacial score (nSPS) is 11.6. The van der Waals surface area contributed by atoms with E-state index >= 15 is 0 Å². The highest BCUT2D eigenvalue weighted by atomic mass is 14.8. The summed E-state index contributed by atoms with van der Waals surface area (Å²) in [5.41, 5.74) is 17.0. The molecule has 0 saturated carbocycles. The molecule has 0 aromatic heterocycles. The summed E-state index contributed by atoms with van der Waals surface area (Å²) in [6, 6.07) is 2.02. The van der Waals surface area contributed by atoms with Gasteiger partial charge < -0.3 is 11.5 Å². The van der Waals surface area contributed by atoms with E-state index in [0.29, 0.717) is 12.4 Å². The van der Waals surface area contributed by atoms with Crippen LogP contribution in [0.1, 0.15) is 27.8 Å². The Bertz CT molecular complexity index is 445. The second-order valence-corrected chi connectivity index (χ2v) is 3.78. The third-order valence-electron chi connectivity index (χ3n) is 2.91. The van der Waals surface area contributed by atoms with Crippen molar-refractivity contribution >= 4 is 11.9 Å². The maximum Gasteiger partial charge on any atom is 0.125 e. The van der Waals surface area contributed by atoms with Crippen LogP contribution in [0.2, 0.25) is 0 Å². The van der Waals surface area contributed by atoms with E-state index in [-0.39, 0.29) is 0 Å². The van der Waals surface area contributed by atoms with Gasteiger partial charge in [0, 0.05) is 19.2 Å². The Kier molecular flexibility index (Phi) is 3.85. The summed E-state index contributed by atoms with van der Waals surface area (Å²) in [6.07, 6.45) is 1.81. The average Bonchev–Trinajstić information content (AvgIpc) is 2.28. The molecule has 1 aromatic carbocycles. The number of aryl methyl sites for hydroxylation is 1. The molecule has 0 aliphatic heterocycles. The van der Waals surface area contributed by atoms with Crippen molar-refractivity contribution in [2.75, 3.05) is 7.05 Å². The Morgan fingerprint density at radius 2 is 2.12 bits per heavy atom. The van der Waals surface area contributed by atoms with Crippen molar-refractivity contribution in [2.24, 2.45) is 16.5 Å². The van der Waals surface area contributed by atoms with Gasteiger partial charge in [0.05, 0.1) is 0 Å². The van der Waals surface area contributed by atoms with E-state index < -0.39 is 0 Å². The fourth-order valence-corrected chi connectivity index (χ4v) is 1.95. The maximum atomic E-state index is 5.87. The molecule has 3 heteroatoms. The van der Waals surface area contributed by atoms with Crippen LogP contribution >= 0.6 is 0 Å². The zero-order valence-corrected chi connectivity index (χ0v) is 10.2. The minimum atomic E-state index is 0.530. The Balaban J connectivity index is 3.59. The summed E-state index contributed by atoms with van der Waals surface area (Å²) < 4.78 is 0. The first-order valence-electron chi connectivity index (χ1n) is 5.25. The number of nitrogens with two attached hydrogens (primary N) is 2. The zero-order valence-electron chi connectivity index (χ0n) is 10.2. The summed E-state index contributed by atoms with van der Waals surface area (Å²) in [6.45, 7) is 8.43. The highest BCUT2D eigenvalue weighted by molar-refractivity contribution is 6.01. The molecule has 0 heterocycles. The van der Waals surface area contributed by atoms with Gasteiger partial charge in [-0.2, -0.15) is 0 Å². The van der Waals surface area contributed by atoms with Crippen LogP contribution in [0.5, 0.6) is 0 Å². The minimum Gasteiger partial charge on any atom is -0.383 e. The van der Waals surface area contributed by atoms with E-state index in [2.05, 4.69) is 11.6 Å². The molecule has 0 amide bonds. The molecule has 3 nitrogen and oxygen atoms in total. The molecule has 1 rings (SSSR count). The highest BCUT2D eigenvalue weighted by Gasteiger charge is 2.12. The van der Waals surface area contributed by atoms with Crippen LogP contribution in [0, 0.1) is 13.8 Å². The first-order chi connectivity index (χ1) is 7.56. The van der Waals surface area contributed by atoms with Gasteiger partial charge >= 0.3 is 0 Å². The monoisotopic (exact) mass is 217 g/mol. The van der Waals surface area contributed by atoms with Crippen molar-refractivity contribution in [3.63, 3.8) is 0 Å². The SMILES string of the molecule is C=Cc1c(C(N)=NC)cc(C)c(CN)c1C. The Morgan fingerprint density at radius 3 is 2.56 bits per heavy atom.